The molecule has 0 radical (unpaired) electrons. The summed E-state index contributed by atoms with van der Waals surface area (Å²) < 4.78 is 0. The summed E-state index contributed by atoms with van der Waals surface area (Å²) in [6.07, 6.45) is 4.41. The number of nitrogens with zero attached hydrogens (tertiary/aromatic N) is 2. The summed E-state index contributed by atoms with van der Waals surface area (Å²) in [5.74, 6) is 0.133. The molecule has 17 heavy (non-hydrogen) atoms. The van der Waals surface area contributed by atoms with E-state index in [1.807, 2.05) is 6.92 Å². The van der Waals surface area contributed by atoms with Crippen molar-refractivity contribution < 1.29 is 4.79 Å². The van der Waals surface area contributed by atoms with Crippen molar-refractivity contribution in [3.63, 3.8) is 0 Å². The molecule has 1 aliphatic heterocycles. The molecule has 0 spiro atoms. The van der Waals surface area contributed by atoms with Gasteiger partial charge in [0.05, 0.1) is 17.3 Å². The van der Waals surface area contributed by atoms with Gasteiger partial charge < -0.3 is 10.6 Å². The first-order valence-corrected chi connectivity index (χ1v) is 6.04. The van der Waals surface area contributed by atoms with Gasteiger partial charge in [-0.3, -0.25) is 4.79 Å². The number of aromatic amines is 1. The van der Waals surface area contributed by atoms with Crippen LogP contribution in [0.15, 0.2) is 6.20 Å². The summed E-state index contributed by atoms with van der Waals surface area (Å²) >= 11 is 0. The lowest BCUT2D eigenvalue weighted by molar-refractivity contribution is -0.131. The molecule has 0 unspecified atom stereocenters. The van der Waals surface area contributed by atoms with Gasteiger partial charge in [0.15, 0.2) is 0 Å². The Bertz CT molecular complexity index is 356. The van der Waals surface area contributed by atoms with E-state index in [2.05, 4.69) is 26.0 Å². The monoisotopic (exact) mass is 237 g/mol. The predicted octanol–water partition coefficient (Wildman–Crippen LogP) is -0.147. The Morgan fingerprint density at radius 2 is 2.53 bits per heavy atom. The molecule has 0 saturated carbocycles. The standard InChI is InChI=1S/C11H19N5O/c1-11(4-2-5-12-8-11)10(17)13-6-3-9-7-14-16-15-9/h7,12H,2-6,8H2,1H3,(H,13,17)(H,14,15,16)/t11-/m0/s1. The highest BCUT2D eigenvalue weighted by Crippen LogP contribution is 2.25. The first-order chi connectivity index (χ1) is 8.21. The molecule has 6 nitrogen and oxygen atoms in total. The van der Waals surface area contributed by atoms with Crippen molar-refractivity contribution in [1.82, 2.24) is 26.0 Å². The summed E-state index contributed by atoms with van der Waals surface area (Å²) in [6.45, 7) is 4.41. The Morgan fingerprint density at radius 3 is 3.18 bits per heavy atom. The maximum absolute atomic E-state index is 12.1. The van der Waals surface area contributed by atoms with Gasteiger partial charge in [-0.15, -0.1) is 0 Å². The van der Waals surface area contributed by atoms with Crippen molar-refractivity contribution >= 4 is 5.91 Å². The average Bonchev–Trinajstić information content (AvgIpc) is 2.83. The van der Waals surface area contributed by atoms with Gasteiger partial charge in [-0.05, 0) is 26.3 Å². The lowest BCUT2D eigenvalue weighted by atomic mass is 9.82. The molecule has 6 heteroatoms. The lowest BCUT2D eigenvalue weighted by Gasteiger charge is -2.32. The van der Waals surface area contributed by atoms with Gasteiger partial charge in [0.2, 0.25) is 5.91 Å². The highest BCUT2D eigenvalue weighted by Gasteiger charge is 2.34. The molecule has 3 N–H and O–H groups in total. The van der Waals surface area contributed by atoms with Crippen LogP contribution in [-0.2, 0) is 11.2 Å². The zero-order chi connectivity index (χ0) is 12.1. The predicted molar refractivity (Wildman–Crippen MR) is 63.3 cm³/mol. The van der Waals surface area contributed by atoms with Gasteiger partial charge >= 0.3 is 0 Å². The van der Waals surface area contributed by atoms with E-state index in [1.165, 1.54) is 0 Å². The summed E-state index contributed by atoms with van der Waals surface area (Å²) in [5, 5.41) is 16.5. The number of carbonyl (C=O) groups is 1. The molecule has 94 valence electrons. The third-order valence-electron chi connectivity index (χ3n) is 3.28. The second kappa shape index (κ2) is 5.27. The summed E-state index contributed by atoms with van der Waals surface area (Å²) in [4.78, 5) is 12.1. The fourth-order valence-corrected chi connectivity index (χ4v) is 2.11. The fourth-order valence-electron chi connectivity index (χ4n) is 2.11. The van der Waals surface area contributed by atoms with E-state index < -0.39 is 0 Å². The van der Waals surface area contributed by atoms with Gasteiger partial charge in [-0.1, -0.05) is 0 Å². The SMILES string of the molecule is C[C@]1(C(=O)NCCc2cn[nH]n2)CCCNC1. The Hall–Kier alpha value is -1.43. The molecule has 1 aromatic rings. The maximum Gasteiger partial charge on any atom is 0.227 e. The second-order valence-electron chi connectivity index (χ2n) is 4.81. The number of hydrogen-bond donors (Lipinski definition) is 3. The number of hydrogen-bond acceptors (Lipinski definition) is 4. The minimum atomic E-state index is -0.262. The molecule has 0 bridgehead atoms. The average molecular weight is 237 g/mol. The molecule has 1 amide bonds. The Balaban J connectivity index is 1.76. The number of carbonyl (C=O) groups excluding carboxylic acids is 1. The summed E-state index contributed by atoms with van der Waals surface area (Å²) in [7, 11) is 0. The molecular weight excluding hydrogens is 218 g/mol. The highest BCUT2D eigenvalue weighted by molar-refractivity contribution is 5.82. The van der Waals surface area contributed by atoms with E-state index in [4.69, 9.17) is 0 Å². The van der Waals surface area contributed by atoms with Crippen molar-refractivity contribution in [1.29, 1.82) is 0 Å². The van der Waals surface area contributed by atoms with Crippen LogP contribution in [0.4, 0.5) is 0 Å². The van der Waals surface area contributed by atoms with Gasteiger partial charge in [0.25, 0.3) is 0 Å². The Kier molecular flexibility index (Phi) is 3.73. The number of H-pyrrole nitrogens is 1. The van der Waals surface area contributed by atoms with Crippen LogP contribution in [-0.4, -0.2) is 41.0 Å². The largest absolute Gasteiger partial charge is 0.355 e. The van der Waals surface area contributed by atoms with Crippen LogP contribution in [0.2, 0.25) is 0 Å². The Labute approximate surface area is 101 Å². The molecule has 0 aliphatic carbocycles. The van der Waals surface area contributed by atoms with Crippen molar-refractivity contribution in [2.75, 3.05) is 19.6 Å². The van der Waals surface area contributed by atoms with Crippen molar-refractivity contribution in [3.05, 3.63) is 11.9 Å². The molecule has 0 aromatic carbocycles. The quantitative estimate of drug-likeness (QED) is 0.680. The first kappa shape index (κ1) is 12.0. The number of nitrogens with one attached hydrogen (secondary N) is 3. The van der Waals surface area contributed by atoms with Gasteiger partial charge in [-0.25, -0.2) is 0 Å². The van der Waals surface area contributed by atoms with Crippen molar-refractivity contribution in [2.24, 2.45) is 5.41 Å². The van der Waals surface area contributed by atoms with Gasteiger partial charge in [0.1, 0.15) is 0 Å². The van der Waals surface area contributed by atoms with Crippen molar-refractivity contribution in [2.45, 2.75) is 26.2 Å². The molecule has 1 aliphatic rings. The van der Waals surface area contributed by atoms with Crippen LogP contribution in [0.1, 0.15) is 25.5 Å². The Morgan fingerprint density at radius 1 is 1.65 bits per heavy atom. The molecule has 1 aromatic heterocycles. The minimum Gasteiger partial charge on any atom is -0.355 e. The summed E-state index contributed by atoms with van der Waals surface area (Å²) in [6, 6.07) is 0. The highest BCUT2D eigenvalue weighted by atomic mass is 16.2. The minimum absolute atomic E-state index is 0.133. The number of amides is 1. The smallest absolute Gasteiger partial charge is 0.227 e. The molecule has 2 rings (SSSR count). The van der Waals surface area contributed by atoms with Crippen LogP contribution in [0.5, 0.6) is 0 Å². The molecule has 1 fully saturated rings. The van der Waals surface area contributed by atoms with Gasteiger partial charge in [-0.2, -0.15) is 15.4 Å². The molecular formula is C11H19N5O. The zero-order valence-corrected chi connectivity index (χ0v) is 10.1. The zero-order valence-electron chi connectivity index (χ0n) is 10.1. The summed E-state index contributed by atoms with van der Waals surface area (Å²) in [5.41, 5.74) is 0.611. The van der Waals surface area contributed by atoms with E-state index in [0.717, 1.165) is 31.6 Å². The maximum atomic E-state index is 12.1. The normalized spacial score (nSPS) is 24.5. The first-order valence-electron chi connectivity index (χ1n) is 6.04. The number of aromatic nitrogens is 3. The number of rotatable bonds is 4. The van der Waals surface area contributed by atoms with Crippen LogP contribution in [0.3, 0.4) is 0 Å². The fraction of sp³-hybridized carbons (Fsp3) is 0.727. The van der Waals surface area contributed by atoms with E-state index >= 15 is 0 Å². The van der Waals surface area contributed by atoms with Gasteiger partial charge in [0, 0.05) is 19.5 Å². The number of piperidine rings is 1. The molecule has 1 atom stereocenters. The third-order valence-corrected chi connectivity index (χ3v) is 3.28. The third kappa shape index (κ3) is 3.03. The molecule has 1 saturated heterocycles. The second-order valence-corrected chi connectivity index (χ2v) is 4.81. The van der Waals surface area contributed by atoms with Crippen LogP contribution < -0.4 is 10.6 Å². The molecule has 2 heterocycles. The topological polar surface area (TPSA) is 82.7 Å². The van der Waals surface area contributed by atoms with Crippen LogP contribution >= 0.6 is 0 Å². The van der Waals surface area contributed by atoms with E-state index in [1.54, 1.807) is 6.20 Å². The van der Waals surface area contributed by atoms with Crippen LogP contribution in [0, 0.1) is 5.41 Å². The lowest BCUT2D eigenvalue weighted by Crippen LogP contribution is -2.49. The van der Waals surface area contributed by atoms with E-state index in [0.29, 0.717) is 13.0 Å². The van der Waals surface area contributed by atoms with E-state index in [9.17, 15) is 4.79 Å². The van der Waals surface area contributed by atoms with Crippen molar-refractivity contribution in [3.8, 4) is 0 Å². The van der Waals surface area contributed by atoms with E-state index in [-0.39, 0.29) is 11.3 Å². The van der Waals surface area contributed by atoms with Crippen LogP contribution in [0.25, 0.3) is 0 Å².